The van der Waals surface area contributed by atoms with Crippen molar-refractivity contribution in [2.45, 2.75) is 34.1 Å². The first-order valence-corrected chi connectivity index (χ1v) is 7.06. The molecule has 1 N–H and O–H groups in total. The highest BCUT2D eigenvalue weighted by Gasteiger charge is 2.06. The quantitative estimate of drug-likeness (QED) is 0.860. The Morgan fingerprint density at radius 3 is 2.70 bits per heavy atom. The van der Waals surface area contributed by atoms with Crippen LogP contribution in [-0.4, -0.2) is 11.5 Å². The number of aryl methyl sites for hydroxylation is 2. The monoisotopic (exact) mass is 270 g/mol. The van der Waals surface area contributed by atoms with E-state index < -0.39 is 0 Å². The van der Waals surface area contributed by atoms with E-state index in [2.05, 4.69) is 50.1 Å². The van der Waals surface area contributed by atoms with Gasteiger partial charge in [-0.2, -0.15) is 4.98 Å². The average molecular weight is 270 g/mol. The number of pyridine rings is 1. The van der Waals surface area contributed by atoms with Crippen molar-refractivity contribution in [3.05, 3.63) is 47.0 Å². The summed E-state index contributed by atoms with van der Waals surface area (Å²) in [5, 5.41) is 3.27. The van der Waals surface area contributed by atoms with E-state index in [1.807, 2.05) is 18.2 Å². The maximum absolute atomic E-state index is 5.94. The molecule has 0 atom stereocenters. The summed E-state index contributed by atoms with van der Waals surface area (Å²) in [7, 11) is 0. The fraction of sp³-hybridized carbons (Fsp3) is 0.353. The van der Waals surface area contributed by atoms with Gasteiger partial charge in [-0.3, -0.25) is 0 Å². The van der Waals surface area contributed by atoms with Crippen LogP contribution < -0.4 is 10.1 Å². The van der Waals surface area contributed by atoms with E-state index in [0.29, 0.717) is 5.88 Å². The number of nitrogens with one attached hydrogen (secondary N) is 1. The summed E-state index contributed by atoms with van der Waals surface area (Å²) in [6.07, 6.45) is 1.07. The molecule has 0 saturated heterocycles. The fourth-order valence-corrected chi connectivity index (χ4v) is 2.04. The van der Waals surface area contributed by atoms with Gasteiger partial charge >= 0.3 is 0 Å². The van der Waals surface area contributed by atoms with E-state index in [-0.39, 0.29) is 0 Å². The zero-order valence-corrected chi connectivity index (χ0v) is 12.7. The molecule has 3 nitrogen and oxygen atoms in total. The van der Waals surface area contributed by atoms with Crippen molar-refractivity contribution >= 4 is 5.82 Å². The minimum Gasteiger partial charge on any atom is -0.439 e. The van der Waals surface area contributed by atoms with Gasteiger partial charge in [0, 0.05) is 12.6 Å². The summed E-state index contributed by atoms with van der Waals surface area (Å²) < 4.78 is 5.94. The van der Waals surface area contributed by atoms with Crippen LogP contribution in [0.25, 0.3) is 0 Å². The number of aromatic nitrogens is 1. The Bertz CT molecular complexity index is 594. The molecule has 0 aliphatic rings. The summed E-state index contributed by atoms with van der Waals surface area (Å²) in [6, 6.07) is 10.0. The molecule has 0 fully saturated rings. The number of rotatable bonds is 5. The van der Waals surface area contributed by atoms with Crippen LogP contribution >= 0.6 is 0 Å². The fourth-order valence-electron chi connectivity index (χ4n) is 2.04. The van der Waals surface area contributed by atoms with Crippen molar-refractivity contribution in [3.8, 4) is 11.6 Å². The molecule has 0 unspecified atom stereocenters. The maximum atomic E-state index is 5.94. The molecule has 0 aliphatic carbocycles. The van der Waals surface area contributed by atoms with Crippen LogP contribution in [0.5, 0.6) is 11.6 Å². The van der Waals surface area contributed by atoms with Gasteiger partial charge in [0.15, 0.2) is 0 Å². The van der Waals surface area contributed by atoms with Gasteiger partial charge in [0.1, 0.15) is 11.6 Å². The molecule has 0 aliphatic heterocycles. The van der Waals surface area contributed by atoms with Crippen molar-refractivity contribution in [2.24, 2.45) is 0 Å². The van der Waals surface area contributed by atoms with Crippen molar-refractivity contribution < 1.29 is 4.74 Å². The first-order chi connectivity index (χ1) is 9.60. The van der Waals surface area contributed by atoms with Crippen LogP contribution in [0.4, 0.5) is 5.82 Å². The van der Waals surface area contributed by atoms with Gasteiger partial charge in [-0.1, -0.05) is 19.1 Å². The number of ether oxygens (including phenoxy) is 1. The lowest BCUT2D eigenvalue weighted by Gasteiger charge is -2.12. The maximum Gasteiger partial charge on any atom is 0.221 e. The van der Waals surface area contributed by atoms with Crippen LogP contribution in [-0.2, 0) is 0 Å². The molecule has 1 heterocycles. The number of hydrogen-bond donors (Lipinski definition) is 1. The van der Waals surface area contributed by atoms with E-state index in [4.69, 9.17) is 4.74 Å². The minimum atomic E-state index is 0.624. The van der Waals surface area contributed by atoms with Gasteiger partial charge in [-0.25, -0.2) is 0 Å². The summed E-state index contributed by atoms with van der Waals surface area (Å²) in [4.78, 5) is 4.47. The zero-order chi connectivity index (χ0) is 14.5. The number of nitrogens with zero attached hydrogens (tertiary/aromatic N) is 1. The lowest BCUT2D eigenvalue weighted by Crippen LogP contribution is -2.02. The minimum absolute atomic E-state index is 0.624. The largest absolute Gasteiger partial charge is 0.439 e. The van der Waals surface area contributed by atoms with Gasteiger partial charge < -0.3 is 10.1 Å². The standard InChI is InChI=1S/C17H22N2O/c1-5-9-18-16-7-6-8-17(19-16)20-15-11-12(2)10-13(3)14(15)4/h6-8,10-11H,5,9H2,1-4H3,(H,18,19). The van der Waals surface area contributed by atoms with Gasteiger partial charge in [0.25, 0.3) is 0 Å². The lowest BCUT2D eigenvalue weighted by atomic mass is 10.1. The van der Waals surface area contributed by atoms with Crippen LogP contribution in [0.15, 0.2) is 30.3 Å². The van der Waals surface area contributed by atoms with Crippen LogP contribution in [0, 0.1) is 20.8 Å². The normalized spacial score (nSPS) is 10.4. The predicted molar refractivity (Wildman–Crippen MR) is 83.7 cm³/mol. The molecule has 0 amide bonds. The molecule has 2 aromatic rings. The number of benzene rings is 1. The molecule has 0 spiro atoms. The predicted octanol–water partition coefficient (Wildman–Crippen LogP) is 4.62. The van der Waals surface area contributed by atoms with Crippen molar-refractivity contribution in [1.82, 2.24) is 4.98 Å². The second-order valence-corrected chi connectivity index (χ2v) is 5.09. The van der Waals surface area contributed by atoms with Gasteiger partial charge in [0.2, 0.25) is 5.88 Å². The van der Waals surface area contributed by atoms with Crippen molar-refractivity contribution in [1.29, 1.82) is 0 Å². The third-order valence-corrected chi connectivity index (χ3v) is 3.26. The first kappa shape index (κ1) is 14.4. The highest BCUT2D eigenvalue weighted by atomic mass is 16.5. The van der Waals surface area contributed by atoms with Crippen LogP contribution in [0.2, 0.25) is 0 Å². The van der Waals surface area contributed by atoms with E-state index in [9.17, 15) is 0 Å². The summed E-state index contributed by atoms with van der Waals surface area (Å²) >= 11 is 0. The highest BCUT2D eigenvalue weighted by molar-refractivity contribution is 5.44. The topological polar surface area (TPSA) is 34.1 Å². The van der Waals surface area contributed by atoms with E-state index in [0.717, 1.165) is 30.1 Å². The number of hydrogen-bond acceptors (Lipinski definition) is 3. The Kier molecular flexibility index (Phi) is 4.61. The molecule has 0 saturated carbocycles. The Balaban J connectivity index is 2.21. The molecule has 1 aromatic carbocycles. The van der Waals surface area contributed by atoms with E-state index in [1.165, 1.54) is 11.1 Å². The SMILES string of the molecule is CCCNc1cccc(Oc2cc(C)cc(C)c2C)n1. The molecule has 20 heavy (non-hydrogen) atoms. The van der Waals surface area contributed by atoms with Crippen LogP contribution in [0.1, 0.15) is 30.0 Å². The molecule has 106 valence electrons. The number of anilines is 1. The molecular weight excluding hydrogens is 248 g/mol. The summed E-state index contributed by atoms with van der Waals surface area (Å²) in [5.74, 6) is 2.35. The van der Waals surface area contributed by atoms with Gasteiger partial charge in [0.05, 0.1) is 0 Å². The smallest absolute Gasteiger partial charge is 0.221 e. The zero-order valence-electron chi connectivity index (χ0n) is 12.7. The third-order valence-electron chi connectivity index (χ3n) is 3.26. The third kappa shape index (κ3) is 3.50. The molecular formula is C17H22N2O. The average Bonchev–Trinajstić information content (AvgIpc) is 2.42. The second kappa shape index (κ2) is 6.42. The first-order valence-electron chi connectivity index (χ1n) is 7.06. The van der Waals surface area contributed by atoms with Gasteiger partial charge in [-0.05, 0) is 56.0 Å². The Morgan fingerprint density at radius 2 is 1.95 bits per heavy atom. The second-order valence-electron chi connectivity index (χ2n) is 5.09. The van der Waals surface area contributed by atoms with Crippen molar-refractivity contribution in [2.75, 3.05) is 11.9 Å². The molecule has 1 aromatic heterocycles. The van der Waals surface area contributed by atoms with Gasteiger partial charge in [-0.15, -0.1) is 0 Å². The summed E-state index contributed by atoms with van der Waals surface area (Å²) in [5.41, 5.74) is 3.59. The Labute approximate surface area is 121 Å². The summed E-state index contributed by atoms with van der Waals surface area (Å²) in [6.45, 7) is 9.29. The van der Waals surface area contributed by atoms with E-state index in [1.54, 1.807) is 0 Å². The molecule has 0 radical (unpaired) electrons. The molecule has 3 heteroatoms. The Hall–Kier alpha value is -2.03. The van der Waals surface area contributed by atoms with Crippen molar-refractivity contribution in [3.63, 3.8) is 0 Å². The highest BCUT2D eigenvalue weighted by Crippen LogP contribution is 2.28. The van der Waals surface area contributed by atoms with E-state index >= 15 is 0 Å². The molecule has 0 bridgehead atoms. The molecule has 2 rings (SSSR count). The Morgan fingerprint density at radius 1 is 1.15 bits per heavy atom. The lowest BCUT2D eigenvalue weighted by molar-refractivity contribution is 0.459. The van der Waals surface area contributed by atoms with Crippen LogP contribution in [0.3, 0.4) is 0 Å².